The molecule has 1 saturated carbocycles. The Bertz CT molecular complexity index is 602. The van der Waals surface area contributed by atoms with E-state index in [0.29, 0.717) is 36.5 Å². The molecule has 0 amide bonds. The van der Waals surface area contributed by atoms with Crippen molar-refractivity contribution >= 4 is 0 Å². The molecule has 1 heterocycles. The predicted molar refractivity (Wildman–Crippen MR) is 110 cm³/mol. The number of rotatable bonds is 9. The molecule has 28 heavy (non-hydrogen) atoms. The molecule has 1 saturated heterocycles. The second kappa shape index (κ2) is 11.1. The molecule has 0 spiro atoms. The standard InChI is InChI=1S/C24H35FO3/c1-3-5-6-18-15-27-24(28-16-18)20-9-7-19(8-10-20)21-11-12-22(23(25)14-21)17-26-13-4-2/h4,11-12,14,18-20,24H,2-3,5-10,13,15-17H2,1H3/t18-,19-,20-,24-. The first-order valence-corrected chi connectivity index (χ1v) is 10.9. The summed E-state index contributed by atoms with van der Waals surface area (Å²) in [5, 5.41) is 0. The smallest absolute Gasteiger partial charge is 0.160 e. The number of benzene rings is 1. The van der Waals surface area contributed by atoms with Crippen molar-refractivity contribution in [3.63, 3.8) is 0 Å². The largest absolute Gasteiger partial charge is 0.373 e. The zero-order valence-electron chi connectivity index (χ0n) is 17.2. The van der Waals surface area contributed by atoms with E-state index >= 15 is 0 Å². The van der Waals surface area contributed by atoms with Gasteiger partial charge in [0.1, 0.15) is 5.82 Å². The van der Waals surface area contributed by atoms with Crippen molar-refractivity contribution < 1.29 is 18.6 Å². The molecule has 3 rings (SSSR count). The molecule has 1 aliphatic heterocycles. The van der Waals surface area contributed by atoms with Gasteiger partial charge in [-0.15, -0.1) is 6.58 Å². The summed E-state index contributed by atoms with van der Waals surface area (Å²) >= 11 is 0. The van der Waals surface area contributed by atoms with Gasteiger partial charge in [-0.25, -0.2) is 4.39 Å². The van der Waals surface area contributed by atoms with E-state index in [2.05, 4.69) is 19.6 Å². The Morgan fingerprint density at radius 3 is 2.57 bits per heavy atom. The Morgan fingerprint density at radius 2 is 1.93 bits per heavy atom. The normalized spacial score (nSPS) is 28.2. The minimum Gasteiger partial charge on any atom is -0.373 e. The summed E-state index contributed by atoms with van der Waals surface area (Å²) < 4.78 is 31.8. The Hall–Kier alpha value is -1.23. The van der Waals surface area contributed by atoms with Gasteiger partial charge < -0.3 is 14.2 Å². The number of ether oxygens (including phenoxy) is 3. The molecule has 1 aliphatic carbocycles. The zero-order valence-corrected chi connectivity index (χ0v) is 17.2. The van der Waals surface area contributed by atoms with Crippen LogP contribution in [0.15, 0.2) is 30.9 Å². The summed E-state index contributed by atoms with van der Waals surface area (Å²) in [6, 6.07) is 5.62. The summed E-state index contributed by atoms with van der Waals surface area (Å²) in [5.74, 6) is 1.29. The lowest BCUT2D eigenvalue weighted by molar-refractivity contribution is -0.229. The van der Waals surface area contributed by atoms with E-state index in [1.54, 1.807) is 12.1 Å². The Kier molecular flexibility index (Phi) is 8.50. The van der Waals surface area contributed by atoms with Gasteiger partial charge in [-0.3, -0.25) is 0 Å². The zero-order chi connectivity index (χ0) is 19.8. The van der Waals surface area contributed by atoms with Gasteiger partial charge in [0, 0.05) is 17.4 Å². The molecule has 0 radical (unpaired) electrons. The van der Waals surface area contributed by atoms with Crippen LogP contribution >= 0.6 is 0 Å². The molecule has 2 aliphatic rings. The first-order chi connectivity index (χ1) is 13.7. The number of hydrogen-bond donors (Lipinski definition) is 0. The van der Waals surface area contributed by atoms with Gasteiger partial charge in [-0.05, 0) is 49.7 Å². The molecule has 1 aromatic rings. The van der Waals surface area contributed by atoms with Gasteiger partial charge in [-0.2, -0.15) is 0 Å². The third-order valence-electron chi connectivity index (χ3n) is 6.16. The van der Waals surface area contributed by atoms with E-state index in [1.807, 2.05) is 6.07 Å². The molecule has 2 fully saturated rings. The maximum absolute atomic E-state index is 14.4. The number of unbranched alkanes of at least 4 members (excludes halogenated alkanes) is 1. The second-order valence-corrected chi connectivity index (χ2v) is 8.31. The first kappa shape index (κ1) is 21.5. The Balaban J connectivity index is 1.45. The van der Waals surface area contributed by atoms with E-state index in [-0.39, 0.29) is 12.1 Å². The molecule has 0 atom stereocenters. The van der Waals surface area contributed by atoms with Gasteiger partial charge >= 0.3 is 0 Å². The maximum Gasteiger partial charge on any atom is 0.160 e. The topological polar surface area (TPSA) is 27.7 Å². The average molecular weight is 391 g/mol. The van der Waals surface area contributed by atoms with Gasteiger partial charge in [0.15, 0.2) is 6.29 Å². The quantitative estimate of drug-likeness (QED) is 0.383. The third kappa shape index (κ3) is 5.88. The van der Waals surface area contributed by atoms with Crippen molar-refractivity contribution in [2.24, 2.45) is 11.8 Å². The van der Waals surface area contributed by atoms with Gasteiger partial charge in [-0.1, -0.05) is 38.0 Å². The van der Waals surface area contributed by atoms with Gasteiger partial charge in [0.25, 0.3) is 0 Å². The summed E-state index contributed by atoms with van der Waals surface area (Å²) in [4.78, 5) is 0. The maximum atomic E-state index is 14.4. The fourth-order valence-electron chi connectivity index (χ4n) is 4.40. The van der Waals surface area contributed by atoms with Crippen LogP contribution in [-0.4, -0.2) is 26.1 Å². The van der Waals surface area contributed by atoms with Crippen LogP contribution in [0.1, 0.15) is 68.9 Å². The van der Waals surface area contributed by atoms with E-state index in [4.69, 9.17) is 14.2 Å². The molecule has 0 aromatic heterocycles. The van der Waals surface area contributed by atoms with Gasteiger partial charge in [0.2, 0.25) is 0 Å². The lowest BCUT2D eigenvalue weighted by Gasteiger charge is -2.37. The van der Waals surface area contributed by atoms with Crippen LogP contribution in [0.5, 0.6) is 0 Å². The monoisotopic (exact) mass is 390 g/mol. The Morgan fingerprint density at radius 1 is 1.18 bits per heavy atom. The molecular formula is C24H35FO3. The average Bonchev–Trinajstić information content (AvgIpc) is 2.74. The molecule has 4 heteroatoms. The highest BCUT2D eigenvalue weighted by atomic mass is 19.1. The van der Waals surface area contributed by atoms with Crippen molar-refractivity contribution in [1.82, 2.24) is 0 Å². The number of hydrogen-bond acceptors (Lipinski definition) is 3. The van der Waals surface area contributed by atoms with E-state index in [0.717, 1.165) is 44.5 Å². The number of halogens is 1. The lowest BCUT2D eigenvalue weighted by Crippen LogP contribution is -2.38. The van der Waals surface area contributed by atoms with Crippen LogP contribution in [0.3, 0.4) is 0 Å². The fraction of sp³-hybridized carbons (Fsp3) is 0.667. The summed E-state index contributed by atoms with van der Waals surface area (Å²) in [5.41, 5.74) is 1.72. The molecule has 3 nitrogen and oxygen atoms in total. The highest BCUT2D eigenvalue weighted by molar-refractivity contribution is 5.27. The van der Waals surface area contributed by atoms with Gasteiger partial charge in [0.05, 0.1) is 26.4 Å². The second-order valence-electron chi connectivity index (χ2n) is 8.31. The van der Waals surface area contributed by atoms with E-state index in [9.17, 15) is 4.39 Å². The molecule has 156 valence electrons. The van der Waals surface area contributed by atoms with Crippen LogP contribution in [0, 0.1) is 17.7 Å². The molecule has 0 N–H and O–H groups in total. The van der Waals surface area contributed by atoms with E-state index < -0.39 is 0 Å². The third-order valence-corrected chi connectivity index (χ3v) is 6.16. The fourth-order valence-corrected chi connectivity index (χ4v) is 4.40. The summed E-state index contributed by atoms with van der Waals surface area (Å²) in [7, 11) is 0. The van der Waals surface area contributed by atoms with Crippen molar-refractivity contribution in [3.05, 3.63) is 47.8 Å². The van der Waals surface area contributed by atoms with Crippen molar-refractivity contribution in [3.8, 4) is 0 Å². The Labute approximate surface area is 169 Å². The molecule has 0 unspecified atom stereocenters. The first-order valence-electron chi connectivity index (χ1n) is 10.9. The van der Waals surface area contributed by atoms with Crippen LogP contribution < -0.4 is 0 Å². The predicted octanol–water partition coefficient (Wildman–Crippen LogP) is 5.98. The van der Waals surface area contributed by atoms with Crippen molar-refractivity contribution in [1.29, 1.82) is 0 Å². The minimum atomic E-state index is -0.166. The van der Waals surface area contributed by atoms with Crippen LogP contribution in [0.25, 0.3) is 0 Å². The highest BCUT2D eigenvalue weighted by Gasteiger charge is 2.32. The van der Waals surface area contributed by atoms with Crippen molar-refractivity contribution in [2.75, 3.05) is 19.8 Å². The van der Waals surface area contributed by atoms with Crippen LogP contribution in [0.4, 0.5) is 4.39 Å². The summed E-state index contributed by atoms with van der Waals surface area (Å²) in [6.07, 6.45) is 9.63. The lowest BCUT2D eigenvalue weighted by atomic mass is 9.78. The molecular weight excluding hydrogens is 355 g/mol. The van der Waals surface area contributed by atoms with Crippen LogP contribution in [0.2, 0.25) is 0 Å². The molecule has 0 bridgehead atoms. The van der Waals surface area contributed by atoms with E-state index in [1.165, 1.54) is 19.3 Å². The highest BCUT2D eigenvalue weighted by Crippen LogP contribution is 2.39. The molecule has 1 aromatic carbocycles. The summed E-state index contributed by atoms with van der Waals surface area (Å²) in [6.45, 7) is 8.24. The van der Waals surface area contributed by atoms with Crippen LogP contribution in [-0.2, 0) is 20.8 Å². The van der Waals surface area contributed by atoms with Crippen molar-refractivity contribution in [2.45, 2.75) is 70.7 Å². The SMILES string of the molecule is C=CCOCc1ccc([C@H]2CC[C@H]([C@H]3OC[C@H](CCCC)CO3)CC2)cc1F. The minimum absolute atomic E-state index is 0.0417.